The second kappa shape index (κ2) is 8.73. The van der Waals surface area contributed by atoms with Crippen LogP contribution in [0.25, 0.3) is 11.8 Å². The number of carbonyl (C=O) groups excluding carboxylic acids is 1. The Morgan fingerprint density at radius 3 is 2.58 bits per heavy atom. The van der Waals surface area contributed by atoms with Gasteiger partial charge in [-0.15, -0.1) is 0 Å². The molecule has 1 aromatic heterocycles. The maximum absolute atomic E-state index is 13.4. The maximum atomic E-state index is 13.4. The number of hydrogen-bond acceptors (Lipinski definition) is 4. The van der Waals surface area contributed by atoms with Gasteiger partial charge in [0.15, 0.2) is 5.76 Å². The second-order valence-electron chi connectivity index (χ2n) is 8.88. The van der Waals surface area contributed by atoms with Crippen molar-refractivity contribution in [3.8, 4) is 11.4 Å². The Labute approximate surface area is 193 Å². The van der Waals surface area contributed by atoms with Gasteiger partial charge in [-0.25, -0.2) is 9.37 Å². The summed E-state index contributed by atoms with van der Waals surface area (Å²) >= 11 is 0. The van der Waals surface area contributed by atoms with Gasteiger partial charge < -0.3 is 18.9 Å². The van der Waals surface area contributed by atoms with Crippen LogP contribution in [0.5, 0.6) is 5.75 Å². The van der Waals surface area contributed by atoms with Gasteiger partial charge in [0.2, 0.25) is 0 Å². The van der Waals surface area contributed by atoms with E-state index in [2.05, 4.69) is 4.98 Å². The molecule has 1 amide bonds. The summed E-state index contributed by atoms with van der Waals surface area (Å²) in [6.07, 6.45) is 5.39. The van der Waals surface area contributed by atoms with Crippen molar-refractivity contribution in [2.45, 2.75) is 39.3 Å². The van der Waals surface area contributed by atoms with Crippen LogP contribution in [0.1, 0.15) is 43.6 Å². The fraction of sp³-hybridized carbons (Fsp3) is 0.308. The Bertz CT molecular complexity index is 1200. The molecule has 2 aromatic carbocycles. The van der Waals surface area contributed by atoms with E-state index in [9.17, 15) is 9.18 Å². The number of nitrogens with zero attached hydrogens (tertiary/aromatic N) is 3. The minimum atomic E-state index is -0.577. The molecule has 0 aliphatic carbocycles. The number of rotatable bonds is 5. The van der Waals surface area contributed by atoms with E-state index >= 15 is 0 Å². The summed E-state index contributed by atoms with van der Waals surface area (Å²) in [5.41, 5.74) is 2.82. The van der Waals surface area contributed by atoms with Gasteiger partial charge in [0.25, 0.3) is 5.91 Å². The molecule has 1 aliphatic rings. The van der Waals surface area contributed by atoms with Crippen LogP contribution in [0.3, 0.4) is 0 Å². The first-order valence-electron chi connectivity index (χ1n) is 10.8. The minimum Gasteiger partial charge on any atom is -0.495 e. The summed E-state index contributed by atoms with van der Waals surface area (Å²) in [7, 11) is 1.61. The predicted molar refractivity (Wildman–Crippen MR) is 125 cm³/mol. The van der Waals surface area contributed by atoms with Crippen molar-refractivity contribution in [3.63, 3.8) is 0 Å². The molecule has 0 saturated carbocycles. The van der Waals surface area contributed by atoms with Gasteiger partial charge in [0.1, 0.15) is 17.2 Å². The number of morpholine rings is 1. The molecule has 3 aromatic rings. The number of carbonyl (C=O) groups is 1. The summed E-state index contributed by atoms with van der Waals surface area (Å²) in [4.78, 5) is 19.4. The maximum Gasteiger partial charge on any atom is 0.289 e. The summed E-state index contributed by atoms with van der Waals surface area (Å²) in [6.45, 7) is 8.18. The van der Waals surface area contributed by atoms with Crippen LogP contribution in [-0.4, -0.2) is 39.6 Å². The van der Waals surface area contributed by atoms with E-state index in [0.29, 0.717) is 12.3 Å². The average Bonchev–Trinajstić information content (AvgIpc) is 3.21. The molecular weight excluding hydrogens is 421 g/mol. The van der Waals surface area contributed by atoms with Crippen LogP contribution in [-0.2, 0) is 9.53 Å². The highest BCUT2D eigenvalue weighted by Gasteiger charge is 2.39. The quantitative estimate of drug-likeness (QED) is 0.511. The number of amides is 1. The minimum absolute atomic E-state index is 0.209. The lowest BCUT2D eigenvalue weighted by molar-refractivity contribution is -0.149. The molecule has 1 fully saturated rings. The summed E-state index contributed by atoms with van der Waals surface area (Å²) < 4.78 is 26.9. The van der Waals surface area contributed by atoms with Crippen LogP contribution in [0.4, 0.5) is 4.39 Å². The zero-order chi connectivity index (χ0) is 23.8. The first kappa shape index (κ1) is 22.6. The molecular formula is C26H28FN3O3. The average molecular weight is 450 g/mol. The lowest BCUT2D eigenvalue weighted by Gasteiger charge is -2.42. The smallest absolute Gasteiger partial charge is 0.289 e. The standard InChI is InChI=1S/C26H28FN3O3/c1-17-14-29(16-28-17)22-11-6-19(12-23(22)32-5)13-24-25(31)30(15-26(3,4)33-24)18(2)20-7-9-21(27)10-8-20/h6-14,16,18H,15H2,1-5H3/t18-/m0/s1. The van der Waals surface area contributed by atoms with Gasteiger partial charge >= 0.3 is 0 Å². The molecule has 1 atom stereocenters. The number of benzene rings is 2. The van der Waals surface area contributed by atoms with Crippen molar-refractivity contribution < 1.29 is 18.7 Å². The molecule has 0 N–H and O–H groups in total. The van der Waals surface area contributed by atoms with Crippen molar-refractivity contribution in [2.75, 3.05) is 13.7 Å². The fourth-order valence-corrected chi connectivity index (χ4v) is 4.02. The van der Waals surface area contributed by atoms with Crippen LogP contribution in [0.2, 0.25) is 0 Å². The Hall–Kier alpha value is -3.61. The van der Waals surface area contributed by atoms with Gasteiger partial charge in [-0.2, -0.15) is 0 Å². The van der Waals surface area contributed by atoms with E-state index in [1.807, 2.05) is 56.7 Å². The van der Waals surface area contributed by atoms with Gasteiger partial charge in [0, 0.05) is 6.20 Å². The Morgan fingerprint density at radius 2 is 1.94 bits per heavy atom. The number of hydrogen-bond donors (Lipinski definition) is 0. The highest BCUT2D eigenvalue weighted by molar-refractivity contribution is 5.97. The molecule has 0 bridgehead atoms. The number of halogens is 1. The zero-order valence-corrected chi connectivity index (χ0v) is 19.5. The zero-order valence-electron chi connectivity index (χ0n) is 19.5. The van der Waals surface area contributed by atoms with Crippen molar-refractivity contribution >= 4 is 12.0 Å². The van der Waals surface area contributed by atoms with Crippen LogP contribution < -0.4 is 4.74 Å². The van der Waals surface area contributed by atoms with E-state index in [1.54, 1.807) is 36.5 Å². The molecule has 33 heavy (non-hydrogen) atoms. The predicted octanol–water partition coefficient (Wildman–Crippen LogP) is 5.07. The molecule has 1 saturated heterocycles. The molecule has 2 heterocycles. The molecule has 172 valence electrons. The van der Waals surface area contributed by atoms with Crippen molar-refractivity contribution in [1.82, 2.24) is 14.5 Å². The third-order valence-corrected chi connectivity index (χ3v) is 5.72. The summed E-state index contributed by atoms with van der Waals surface area (Å²) in [6, 6.07) is 11.7. The third-order valence-electron chi connectivity index (χ3n) is 5.72. The Kier molecular flexibility index (Phi) is 5.97. The SMILES string of the molecule is COc1cc(C=C2OC(C)(C)CN([C@@H](C)c3ccc(F)cc3)C2=O)ccc1-n1cnc(C)c1. The van der Waals surface area contributed by atoms with Crippen LogP contribution in [0.15, 0.2) is 60.7 Å². The van der Waals surface area contributed by atoms with E-state index in [0.717, 1.165) is 22.5 Å². The molecule has 0 spiro atoms. The molecule has 7 heteroatoms. The number of ether oxygens (including phenoxy) is 2. The lowest BCUT2D eigenvalue weighted by atomic mass is 10.00. The first-order valence-corrected chi connectivity index (χ1v) is 10.8. The van der Waals surface area contributed by atoms with Crippen molar-refractivity contribution in [2.24, 2.45) is 0 Å². The number of aryl methyl sites for hydroxylation is 1. The number of methoxy groups -OCH3 is 1. The molecule has 0 unspecified atom stereocenters. The largest absolute Gasteiger partial charge is 0.495 e. The van der Waals surface area contributed by atoms with Crippen LogP contribution in [0, 0.1) is 12.7 Å². The normalized spacial score (nSPS) is 17.7. The van der Waals surface area contributed by atoms with E-state index in [-0.39, 0.29) is 23.5 Å². The van der Waals surface area contributed by atoms with Gasteiger partial charge in [-0.05, 0) is 69.2 Å². The molecule has 0 radical (unpaired) electrons. The summed E-state index contributed by atoms with van der Waals surface area (Å²) in [5, 5.41) is 0. The monoisotopic (exact) mass is 449 g/mol. The van der Waals surface area contributed by atoms with E-state index in [4.69, 9.17) is 9.47 Å². The fourth-order valence-electron chi connectivity index (χ4n) is 4.02. The van der Waals surface area contributed by atoms with Crippen molar-refractivity contribution in [1.29, 1.82) is 0 Å². The molecule has 4 rings (SSSR count). The van der Waals surface area contributed by atoms with E-state index in [1.165, 1.54) is 12.1 Å². The highest BCUT2D eigenvalue weighted by Crippen LogP contribution is 2.33. The third kappa shape index (κ3) is 4.77. The van der Waals surface area contributed by atoms with Gasteiger partial charge in [-0.3, -0.25) is 4.79 Å². The highest BCUT2D eigenvalue weighted by atomic mass is 19.1. The topological polar surface area (TPSA) is 56.6 Å². The Morgan fingerprint density at radius 1 is 1.21 bits per heavy atom. The van der Waals surface area contributed by atoms with Crippen molar-refractivity contribution in [3.05, 3.63) is 83.4 Å². The van der Waals surface area contributed by atoms with Gasteiger partial charge in [0.05, 0.1) is 37.4 Å². The summed E-state index contributed by atoms with van der Waals surface area (Å²) in [5.74, 6) is 0.400. The lowest BCUT2D eigenvalue weighted by Crippen LogP contribution is -2.51. The second-order valence-corrected chi connectivity index (χ2v) is 8.88. The van der Waals surface area contributed by atoms with Crippen LogP contribution >= 0.6 is 0 Å². The van der Waals surface area contributed by atoms with Gasteiger partial charge in [-0.1, -0.05) is 18.2 Å². The Balaban J connectivity index is 1.66. The molecule has 1 aliphatic heterocycles. The first-order chi connectivity index (χ1) is 15.7. The number of aromatic nitrogens is 2. The number of imidazole rings is 1. The molecule has 6 nitrogen and oxygen atoms in total. The van der Waals surface area contributed by atoms with E-state index < -0.39 is 5.60 Å².